The first-order chi connectivity index (χ1) is 16.2. The number of carbonyl (C=O) groups excluding carboxylic acids is 3. The minimum Gasteiger partial charge on any atom is -0.289 e. The monoisotopic (exact) mass is 435 g/mol. The molecule has 0 saturated carbocycles. The van der Waals surface area contributed by atoms with Crippen molar-refractivity contribution in [3.05, 3.63) is 101 Å². The van der Waals surface area contributed by atoms with Gasteiger partial charge in [-0.1, -0.05) is 76.2 Å². The average molecular weight is 436 g/mol. The fraction of sp³-hybridized carbons (Fsp3) is 0.138. The average Bonchev–Trinajstić information content (AvgIpc) is 2.89. The summed E-state index contributed by atoms with van der Waals surface area (Å²) in [5.41, 5.74) is 4.30. The molecule has 0 radical (unpaired) electrons. The zero-order valence-corrected chi connectivity index (χ0v) is 19.2. The highest BCUT2D eigenvalue weighted by Gasteiger charge is 2.37. The third-order valence-electron chi connectivity index (χ3n) is 5.75. The third-order valence-corrected chi connectivity index (χ3v) is 5.75. The molecule has 0 saturated heterocycles. The first-order valence-electron chi connectivity index (χ1n) is 11.3. The minimum atomic E-state index is -0.372. The maximum absolute atomic E-state index is 13.3. The van der Waals surface area contributed by atoms with Crippen LogP contribution in [0, 0.1) is 0 Å². The first-order valence-corrected chi connectivity index (χ1v) is 11.3. The van der Waals surface area contributed by atoms with Crippen molar-refractivity contribution >= 4 is 34.1 Å². The Bertz CT molecular complexity index is 1380. The lowest BCUT2D eigenvalue weighted by Crippen LogP contribution is -2.40. The predicted molar refractivity (Wildman–Crippen MR) is 133 cm³/mol. The molecule has 0 bridgehead atoms. The zero-order valence-electron chi connectivity index (χ0n) is 19.2. The van der Waals surface area contributed by atoms with Crippen LogP contribution in [0.3, 0.4) is 0 Å². The molecule has 1 heterocycles. The number of amides is 2. The van der Waals surface area contributed by atoms with Crippen LogP contribution in [0.15, 0.2) is 78.9 Å². The van der Waals surface area contributed by atoms with Gasteiger partial charge in [0.1, 0.15) is 0 Å². The number of fused-ring (bicyclic) bond motifs is 2. The van der Waals surface area contributed by atoms with Crippen LogP contribution in [-0.2, 0) is 0 Å². The first kappa shape index (κ1) is 22.2. The molecule has 0 N–H and O–H groups in total. The Labute approximate surface area is 193 Å². The van der Waals surface area contributed by atoms with Gasteiger partial charge in [0, 0.05) is 33.0 Å². The molecule has 1 aliphatic carbocycles. The molecule has 4 aromatic carbocycles. The van der Waals surface area contributed by atoms with Crippen molar-refractivity contribution in [2.24, 2.45) is 0 Å². The fourth-order valence-electron chi connectivity index (χ4n) is 4.47. The van der Waals surface area contributed by atoms with Crippen molar-refractivity contribution in [3.63, 3.8) is 0 Å². The number of imide groups is 1. The second kappa shape index (κ2) is 8.83. The van der Waals surface area contributed by atoms with Gasteiger partial charge in [-0.15, -0.1) is 0 Å². The van der Waals surface area contributed by atoms with E-state index in [1.54, 1.807) is 42.5 Å². The molecular formula is C29H25NO3. The fourth-order valence-corrected chi connectivity index (χ4v) is 4.47. The number of benzene rings is 4. The molecule has 2 aliphatic rings. The highest BCUT2D eigenvalue weighted by atomic mass is 16.2. The number of anilines is 1. The van der Waals surface area contributed by atoms with Crippen molar-refractivity contribution in [3.8, 4) is 11.1 Å². The number of ketones is 1. The SMILES string of the molecule is CC.CC.O=C1c2ccccc2-c2ccc3c4c(ccc1c24)C(=O)N(c1ccccc1)C3=O. The van der Waals surface area contributed by atoms with E-state index >= 15 is 0 Å². The zero-order chi connectivity index (χ0) is 23.7. The van der Waals surface area contributed by atoms with E-state index in [2.05, 4.69) is 0 Å². The van der Waals surface area contributed by atoms with E-state index < -0.39 is 0 Å². The Morgan fingerprint density at radius 2 is 0.909 bits per heavy atom. The summed E-state index contributed by atoms with van der Waals surface area (Å²) >= 11 is 0. The second-order valence-corrected chi connectivity index (χ2v) is 7.23. The van der Waals surface area contributed by atoms with E-state index in [9.17, 15) is 14.4 Å². The largest absolute Gasteiger partial charge is 0.289 e. The Hall–Kier alpha value is -4.05. The van der Waals surface area contributed by atoms with Crippen LogP contribution in [0.4, 0.5) is 5.69 Å². The minimum absolute atomic E-state index is 0.0813. The second-order valence-electron chi connectivity index (χ2n) is 7.23. The summed E-state index contributed by atoms with van der Waals surface area (Å²) in [6, 6.07) is 23.4. The van der Waals surface area contributed by atoms with Gasteiger partial charge < -0.3 is 0 Å². The van der Waals surface area contributed by atoms with Crippen LogP contribution in [0.2, 0.25) is 0 Å². The van der Waals surface area contributed by atoms with Gasteiger partial charge in [-0.3, -0.25) is 14.4 Å². The van der Waals surface area contributed by atoms with Crippen molar-refractivity contribution in [1.29, 1.82) is 0 Å². The van der Waals surface area contributed by atoms with Crippen LogP contribution in [0.5, 0.6) is 0 Å². The van der Waals surface area contributed by atoms with E-state index in [1.165, 1.54) is 4.90 Å². The van der Waals surface area contributed by atoms with Gasteiger partial charge in [0.25, 0.3) is 11.8 Å². The van der Waals surface area contributed by atoms with Crippen LogP contribution >= 0.6 is 0 Å². The molecule has 1 aliphatic heterocycles. The third kappa shape index (κ3) is 3.18. The molecule has 4 aromatic rings. The van der Waals surface area contributed by atoms with Gasteiger partial charge in [0.2, 0.25) is 0 Å². The maximum atomic E-state index is 13.3. The summed E-state index contributed by atoms with van der Waals surface area (Å²) in [6.07, 6.45) is 0. The number of hydrogen-bond donors (Lipinski definition) is 0. The van der Waals surface area contributed by atoms with Gasteiger partial charge in [-0.05, 0) is 41.5 Å². The van der Waals surface area contributed by atoms with E-state index in [0.29, 0.717) is 38.7 Å². The van der Waals surface area contributed by atoms with E-state index in [0.717, 1.165) is 11.1 Å². The number of para-hydroxylation sites is 1. The van der Waals surface area contributed by atoms with Crippen molar-refractivity contribution in [2.75, 3.05) is 4.90 Å². The predicted octanol–water partition coefficient (Wildman–Crippen LogP) is 6.90. The summed E-state index contributed by atoms with van der Waals surface area (Å²) in [5.74, 6) is -0.824. The Morgan fingerprint density at radius 1 is 0.455 bits per heavy atom. The van der Waals surface area contributed by atoms with Crippen molar-refractivity contribution in [2.45, 2.75) is 27.7 Å². The lowest BCUT2D eigenvalue weighted by Gasteiger charge is -2.30. The standard InChI is InChI=1S/C25H13NO3.2C2H6/c27-23-17-9-5-4-8-15(17)16-10-12-19-22-20(13-11-18(23)21(16)22)25(29)26(24(19)28)14-6-2-1-3-7-14;2*1-2/h1-13H;2*1-2H3. The van der Waals surface area contributed by atoms with E-state index in [4.69, 9.17) is 0 Å². The molecular weight excluding hydrogens is 410 g/mol. The molecule has 0 aromatic heterocycles. The van der Waals surface area contributed by atoms with Crippen LogP contribution < -0.4 is 4.90 Å². The van der Waals surface area contributed by atoms with E-state index in [-0.39, 0.29) is 17.6 Å². The number of hydrogen-bond acceptors (Lipinski definition) is 3. The molecule has 4 nitrogen and oxygen atoms in total. The Morgan fingerprint density at radius 3 is 1.52 bits per heavy atom. The summed E-state index contributed by atoms with van der Waals surface area (Å²) in [7, 11) is 0. The van der Waals surface area contributed by atoms with Gasteiger partial charge in [0.15, 0.2) is 5.78 Å². The van der Waals surface area contributed by atoms with Crippen LogP contribution in [0.1, 0.15) is 64.3 Å². The van der Waals surface area contributed by atoms with Gasteiger partial charge in [-0.25, -0.2) is 4.90 Å². The highest BCUT2D eigenvalue weighted by molar-refractivity contribution is 6.39. The molecule has 0 atom stereocenters. The molecule has 4 heteroatoms. The Balaban J connectivity index is 0.000000617. The molecule has 0 unspecified atom stereocenters. The molecule has 164 valence electrons. The molecule has 0 fully saturated rings. The summed E-state index contributed by atoms with van der Waals surface area (Å²) in [4.78, 5) is 40.9. The topological polar surface area (TPSA) is 54.5 Å². The van der Waals surface area contributed by atoms with Crippen molar-refractivity contribution in [1.82, 2.24) is 0 Å². The Kier molecular flexibility index (Phi) is 5.93. The summed E-state index contributed by atoms with van der Waals surface area (Å²) in [6.45, 7) is 8.00. The lowest BCUT2D eigenvalue weighted by molar-refractivity contribution is 0.0892. The number of nitrogens with zero attached hydrogens (tertiary/aromatic N) is 1. The van der Waals surface area contributed by atoms with Crippen molar-refractivity contribution < 1.29 is 14.4 Å². The normalized spacial score (nSPS) is 13.0. The summed E-state index contributed by atoms with van der Waals surface area (Å²) in [5, 5.41) is 1.27. The van der Waals surface area contributed by atoms with Crippen LogP contribution in [0.25, 0.3) is 21.9 Å². The lowest BCUT2D eigenvalue weighted by atomic mass is 9.79. The highest BCUT2D eigenvalue weighted by Crippen LogP contribution is 2.43. The van der Waals surface area contributed by atoms with Gasteiger partial charge >= 0.3 is 0 Å². The quantitative estimate of drug-likeness (QED) is 0.269. The molecule has 2 amide bonds. The molecule has 0 spiro atoms. The van der Waals surface area contributed by atoms with Crippen LogP contribution in [-0.4, -0.2) is 17.6 Å². The maximum Gasteiger partial charge on any atom is 0.265 e. The number of carbonyl (C=O) groups is 3. The van der Waals surface area contributed by atoms with Gasteiger partial charge in [0.05, 0.1) is 5.69 Å². The molecule has 6 rings (SSSR count). The smallest absolute Gasteiger partial charge is 0.265 e. The summed E-state index contributed by atoms with van der Waals surface area (Å²) < 4.78 is 0. The van der Waals surface area contributed by atoms with E-state index in [1.807, 2.05) is 64.1 Å². The number of rotatable bonds is 1. The van der Waals surface area contributed by atoms with Gasteiger partial charge in [-0.2, -0.15) is 0 Å². The molecule has 33 heavy (non-hydrogen) atoms.